The molecule has 0 bridgehead atoms. The van der Waals surface area contributed by atoms with Gasteiger partial charge in [-0.05, 0) is 23.8 Å². The summed E-state index contributed by atoms with van der Waals surface area (Å²) in [4.78, 5) is 15.0. The number of rotatable bonds is 5. The Bertz CT molecular complexity index is 644. The van der Waals surface area contributed by atoms with E-state index in [1.807, 2.05) is 0 Å². The van der Waals surface area contributed by atoms with Gasteiger partial charge in [-0.1, -0.05) is 12.1 Å². The molecule has 6 heteroatoms. The monoisotopic (exact) mass is 290 g/mol. The first-order valence-corrected chi connectivity index (χ1v) is 6.35. The molecule has 5 nitrogen and oxygen atoms in total. The molecule has 2 rings (SSSR count). The highest BCUT2D eigenvalue weighted by molar-refractivity contribution is 5.93. The van der Waals surface area contributed by atoms with Crippen LogP contribution in [0.5, 0.6) is 0 Å². The lowest BCUT2D eigenvalue weighted by atomic mass is 10.1. The molecular formula is C15H15FN2O3. The molecule has 1 unspecified atom stereocenters. The maximum atomic E-state index is 14.1. The number of primary amides is 1. The smallest absolute Gasteiger partial charge is 0.248 e. The van der Waals surface area contributed by atoms with Crippen LogP contribution in [0.4, 0.5) is 4.39 Å². The first kappa shape index (κ1) is 15.1. The van der Waals surface area contributed by atoms with E-state index in [4.69, 9.17) is 10.8 Å². The van der Waals surface area contributed by atoms with Gasteiger partial charge in [-0.2, -0.15) is 0 Å². The van der Waals surface area contributed by atoms with Crippen LogP contribution in [-0.4, -0.2) is 33.8 Å². The Hall–Kier alpha value is -2.31. The second-order valence-corrected chi connectivity index (χ2v) is 4.66. The van der Waals surface area contributed by atoms with Crippen molar-refractivity contribution in [1.29, 1.82) is 0 Å². The molecule has 4 N–H and O–H groups in total. The number of aliphatic hydroxyl groups excluding tert-OH is 2. The minimum atomic E-state index is -0.938. The number of halogens is 1. The van der Waals surface area contributed by atoms with Gasteiger partial charge in [-0.3, -0.25) is 9.78 Å². The van der Waals surface area contributed by atoms with Crippen LogP contribution in [-0.2, 0) is 6.42 Å². The van der Waals surface area contributed by atoms with Gasteiger partial charge in [0.2, 0.25) is 5.91 Å². The topological polar surface area (TPSA) is 96.4 Å². The lowest BCUT2D eigenvalue weighted by Gasteiger charge is -2.09. The largest absolute Gasteiger partial charge is 0.394 e. The van der Waals surface area contributed by atoms with E-state index in [-0.39, 0.29) is 12.1 Å². The zero-order valence-electron chi connectivity index (χ0n) is 11.2. The number of amides is 1. The summed E-state index contributed by atoms with van der Waals surface area (Å²) >= 11 is 0. The number of hydrogen-bond acceptors (Lipinski definition) is 4. The summed E-state index contributed by atoms with van der Waals surface area (Å²) in [5.74, 6) is -1.09. The number of carbonyl (C=O) groups excluding carboxylic acids is 1. The lowest BCUT2D eigenvalue weighted by Crippen LogP contribution is -2.15. The van der Waals surface area contributed by atoms with E-state index >= 15 is 0 Å². The van der Waals surface area contributed by atoms with E-state index in [0.29, 0.717) is 16.7 Å². The van der Waals surface area contributed by atoms with Gasteiger partial charge < -0.3 is 15.9 Å². The van der Waals surface area contributed by atoms with Crippen LogP contribution in [0.15, 0.2) is 36.5 Å². The van der Waals surface area contributed by atoms with E-state index in [1.165, 1.54) is 24.4 Å². The predicted octanol–water partition coefficient (Wildman–Crippen LogP) is 0.882. The highest BCUT2D eigenvalue weighted by atomic mass is 19.1. The number of benzene rings is 1. The van der Waals surface area contributed by atoms with E-state index in [9.17, 15) is 14.3 Å². The Labute approximate surface area is 120 Å². The van der Waals surface area contributed by atoms with Gasteiger partial charge in [0.15, 0.2) is 0 Å². The summed E-state index contributed by atoms with van der Waals surface area (Å²) in [6.07, 6.45) is 0.632. The molecule has 110 valence electrons. The molecular weight excluding hydrogens is 275 g/mol. The normalized spacial score (nSPS) is 12.1. The van der Waals surface area contributed by atoms with Gasteiger partial charge in [-0.25, -0.2) is 4.39 Å². The van der Waals surface area contributed by atoms with E-state index in [2.05, 4.69) is 4.98 Å². The van der Waals surface area contributed by atoms with Crippen LogP contribution in [0.2, 0.25) is 0 Å². The number of aromatic nitrogens is 1. The highest BCUT2D eigenvalue weighted by Crippen LogP contribution is 2.22. The first-order chi connectivity index (χ1) is 10.0. The molecule has 0 saturated carbocycles. The van der Waals surface area contributed by atoms with Crippen molar-refractivity contribution < 1.29 is 19.4 Å². The Morgan fingerprint density at radius 2 is 2.00 bits per heavy atom. The third-order valence-electron chi connectivity index (χ3n) is 3.02. The van der Waals surface area contributed by atoms with Crippen LogP contribution >= 0.6 is 0 Å². The summed E-state index contributed by atoms with van der Waals surface area (Å²) in [6.45, 7) is -0.391. The lowest BCUT2D eigenvalue weighted by molar-refractivity contribution is 0.0954. The molecule has 0 fully saturated rings. The molecule has 1 amide bonds. The van der Waals surface area contributed by atoms with Crippen LogP contribution < -0.4 is 5.73 Å². The molecule has 0 spiro atoms. The van der Waals surface area contributed by atoms with Crippen molar-refractivity contribution in [3.05, 3.63) is 53.5 Å². The van der Waals surface area contributed by atoms with Gasteiger partial charge >= 0.3 is 0 Å². The zero-order chi connectivity index (χ0) is 15.4. The van der Waals surface area contributed by atoms with Gasteiger partial charge in [0, 0.05) is 23.7 Å². The molecule has 0 aliphatic carbocycles. The zero-order valence-corrected chi connectivity index (χ0v) is 11.2. The standard InChI is InChI=1S/C15H15FN2O3/c16-13-6-9(5-12(20)8-19)7-18-14(13)10-1-3-11(4-2-10)15(17)21/h1-4,6-7,12,19-20H,5,8H2,(H2,17,21). The summed E-state index contributed by atoms with van der Waals surface area (Å²) in [7, 11) is 0. The average Bonchev–Trinajstić information content (AvgIpc) is 2.47. The van der Waals surface area contributed by atoms with E-state index < -0.39 is 24.4 Å². The van der Waals surface area contributed by atoms with Crippen molar-refractivity contribution in [2.45, 2.75) is 12.5 Å². The third kappa shape index (κ3) is 3.62. The minimum Gasteiger partial charge on any atom is -0.394 e. The van der Waals surface area contributed by atoms with Crippen molar-refractivity contribution in [3.63, 3.8) is 0 Å². The summed E-state index contributed by atoms with van der Waals surface area (Å²) in [5, 5.41) is 18.1. The Kier molecular flexibility index (Phi) is 4.62. The number of carbonyl (C=O) groups is 1. The molecule has 0 saturated heterocycles. The summed E-state index contributed by atoms with van der Waals surface area (Å²) < 4.78 is 14.1. The quantitative estimate of drug-likeness (QED) is 0.761. The van der Waals surface area contributed by atoms with Crippen LogP contribution in [0.25, 0.3) is 11.3 Å². The summed E-state index contributed by atoms with van der Waals surface area (Å²) in [6, 6.07) is 7.40. The number of pyridine rings is 1. The second kappa shape index (κ2) is 6.43. The Balaban J connectivity index is 2.26. The van der Waals surface area contributed by atoms with Gasteiger partial charge in [-0.15, -0.1) is 0 Å². The molecule has 1 heterocycles. The average molecular weight is 290 g/mol. The number of hydrogen-bond donors (Lipinski definition) is 3. The SMILES string of the molecule is NC(=O)c1ccc(-c2ncc(CC(O)CO)cc2F)cc1. The van der Waals surface area contributed by atoms with Crippen molar-refractivity contribution in [3.8, 4) is 11.3 Å². The van der Waals surface area contributed by atoms with Gasteiger partial charge in [0.25, 0.3) is 0 Å². The maximum absolute atomic E-state index is 14.1. The molecule has 0 radical (unpaired) electrons. The van der Waals surface area contributed by atoms with E-state index in [0.717, 1.165) is 0 Å². The fourth-order valence-corrected chi connectivity index (χ4v) is 1.93. The van der Waals surface area contributed by atoms with Crippen molar-refractivity contribution >= 4 is 5.91 Å². The number of aliphatic hydroxyl groups is 2. The van der Waals surface area contributed by atoms with Crippen LogP contribution in [0, 0.1) is 5.82 Å². The van der Waals surface area contributed by atoms with Gasteiger partial charge in [0.05, 0.1) is 12.7 Å². The molecule has 0 aliphatic heterocycles. The number of nitrogens with two attached hydrogens (primary N) is 1. The maximum Gasteiger partial charge on any atom is 0.248 e. The summed E-state index contributed by atoms with van der Waals surface area (Å²) in [5.41, 5.74) is 6.63. The Morgan fingerprint density at radius 1 is 1.33 bits per heavy atom. The highest BCUT2D eigenvalue weighted by Gasteiger charge is 2.11. The molecule has 0 aliphatic rings. The minimum absolute atomic E-state index is 0.126. The molecule has 2 aromatic rings. The van der Waals surface area contributed by atoms with Gasteiger partial charge in [0.1, 0.15) is 11.5 Å². The van der Waals surface area contributed by atoms with Crippen molar-refractivity contribution in [2.24, 2.45) is 5.73 Å². The molecule has 1 atom stereocenters. The van der Waals surface area contributed by atoms with Crippen molar-refractivity contribution in [2.75, 3.05) is 6.61 Å². The second-order valence-electron chi connectivity index (χ2n) is 4.66. The fraction of sp³-hybridized carbons (Fsp3) is 0.200. The molecule has 1 aromatic carbocycles. The third-order valence-corrected chi connectivity index (χ3v) is 3.02. The van der Waals surface area contributed by atoms with Crippen LogP contribution in [0.3, 0.4) is 0 Å². The predicted molar refractivity (Wildman–Crippen MR) is 74.9 cm³/mol. The number of nitrogens with zero attached hydrogens (tertiary/aromatic N) is 1. The Morgan fingerprint density at radius 3 is 2.52 bits per heavy atom. The molecule has 1 aromatic heterocycles. The van der Waals surface area contributed by atoms with Crippen molar-refractivity contribution in [1.82, 2.24) is 4.98 Å². The first-order valence-electron chi connectivity index (χ1n) is 6.35. The molecule has 21 heavy (non-hydrogen) atoms. The fourth-order valence-electron chi connectivity index (χ4n) is 1.93. The van der Waals surface area contributed by atoms with Crippen LogP contribution in [0.1, 0.15) is 15.9 Å². The van der Waals surface area contributed by atoms with E-state index in [1.54, 1.807) is 12.1 Å².